The lowest BCUT2D eigenvalue weighted by molar-refractivity contribution is -0.191. The van der Waals surface area contributed by atoms with Gasteiger partial charge in [-0.05, 0) is 43.8 Å². The second-order valence-corrected chi connectivity index (χ2v) is 6.68. The summed E-state index contributed by atoms with van der Waals surface area (Å²) in [6.07, 6.45) is 0.250. The minimum atomic E-state index is -0.0648. The molecule has 1 aliphatic rings. The lowest BCUT2D eigenvalue weighted by atomic mass is 10.1. The number of hydrogen-bond donors (Lipinski definition) is 1. The van der Waals surface area contributed by atoms with Crippen LogP contribution in [0.15, 0.2) is 48.5 Å². The number of anilines is 1. The van der Waals surface area contributed by atoms with Gasteiger partial charge in [-0.1, -0.05) is 29.8 Å². The molecule has 0 atom stereocenters. The monoisotopic (exact) mass is 367 g/mol. The Kier molecular flexibility index (Phi) is 7.89. The average molecular weight is 367 g/mol. The lowest BCUT2D eigenvalue weighted by Gasteiger charge is -2.32. The molecule has 3 rings (SSSR count). The molecule has 2 aromatic carbocycles. The van der Waals surface area contributed by atoms with Crippen LogP contribution in [0.2, 0.25) is 0 Å². The third-order valence-corrected chi connectivity index (χ3v) is 4.53. The molecular formula is C21H25N3O3. The van der Waals surface area contributed by atoms with E-state index in [9.17, 15) is 4.79 Å². The number of nitrogens with zero attached hydrogens (tertiary/aromatic N) is 2. The largest absolute Gasteiger partial charge is 0.373 e. The maximum absolute atomic E-state index is 12.3. The summed E-state index contributed by atoms with van der Waals surface area (Å²) >= 11 is 0. The Morgan fingerprint density at radius 2 is 1.52 bits per heavy atom. The van der Waals surface area contributed by atoms with Crippen LogP contribution in [0, 0.1) is 6.92 Å². The number of piperazine rings is 1. The first-order valence-corrected chi connectivity index (χ1v) is 8.89. The van der Waals surface area contributed by atoms with Crippen molar-refractivity contribution in [1.29, 1.82) is 0 Å². The lowest BCUT2D eigenvalue weighted by Crippen LogP contribution is -2.43. The van der Waals surface area contributed by atoms with Gasteiger partial charge in [0.2, 0.25) is 0 Å². The van der Waals surface area contributed by atoms with E-state index in [1.165, 1.54) is 11.1 Å². The van der Waals surface area contributed by atoms with Crippen molar-refractivity contribution in [3.63, 3.8) is 0 Å². The van der Waals surface area contributed by atoms with E-state index < -0.39 is 0 Å². The highest BCUT2D eigenvalue weighted by atomic mass is 16.2. The first-order valence-electron chi connectivity index (χ1n) is 8.89. The predicted octanol–water partition coefficient (Wildman–Crippen LogP) is 2.41. The highest BCUT2D eigenvalue weighted by Crippen LogP contribution is 2.13. The van der Waals surface area contributed by atoms with Crippen molar-refractivity contribution in [2.45, 2.75) is 13.5 Å². The number of carbonyl (C=O) groups excluding carboxylic acids is 3. The minimum Gasteiger partial charge on any atom is -0.322 e. The number of carbonyl (C=O) groups is 1. The van der Waals surface area contributed by atoms with Gasteiger partial charge in [-0.2, -0.15) is 9.59 Å². The molecule has 0 spiro atoms. The van der Waals surface area contributed by atoms with Crippen molar-refractivity contribution < 1.29 is 14.4 Å². The standard InChI is InChI=1S/C20H25N3O.CO2/c1-16-3-9-19(10-4-16)21-20(24)18-7-5-17(6-8-18)15-23-13-11-22(2)12-14-23;2-1-3/h3-10H,11-15H2,1-2H3,(H,21,24);. The fourth-order valence-electron chi connectivity index (χ4n) is 2.87. The van der Waals surface area contributed by atoms with Gasteiger partial charge in [-0.15, -0.1) is 0 Å². The fourth-order valence-corrected chi connectivity index (χ4v) is 2.87. The number of hydrogen-bond acceptors (Lipinski definition) is 5. The quantitative estimate of drug-likeness (QED) is 0.899. The van der Waals surface area contributed by atoms with Gasteiger partial charge in [0.25, 0.3) is 5.91 Å². The van der Waals surface area contributed by atoms with Crippen LogP contribution in [0.25, 0.3) is 0 Å². The summed E-state index contributed by atoms with van der Waals surface area (Å²) in [5.41, 5.74) is 3.96. The molecule has 2 aromatic rings. The highest BCUT2D eigenvalue weighted by Gasteiger charge is 2.14. The van der Waals surface area contributed by atoms with Gasteiger partial charge < -0.3 is 10.2 Å². The summed E-state index contributed by atoms with van der Waals surface area (Å²) in [5, 5.41) is 2.94. The Hall–Kier alpha value is -2.79. The van der Waals surface area contributed by atoms with E-state index in [0.717, 1.165) is 38.4 Å². The molecule has 142 valence electrons. The molecule has 6 heteroatoms. The molecule has 27 heavy (non-hydrogen) atoms. The SMILES string of the molecule is Cc1ccc(NC(=O)c2ccc(CN3CCN(C)CC3)cc2)cc1.O=C=O. The van der Waals surface area contributed by atoms with Crippen molar-refractivity contribution in [3.05, 3.63) is 65.2 Å². The molecule has 0 aliphatic carbocycles. The molecule has 0 saturated carbocycles. The van der Waals surface area contributed by atoms with E-state index in [-0.39, 0.29) is 12.1 Å². The minimum absolute atomic E-state index is 0.0648. The molecule has 0 aromatic heterocycles. The zero-order valence-electron chi connectivity index (χ0n) is 15.8. The van der Waals surface area contributed by atoms with Crippen molar-refractivity contribution in [2.75, 3.05) is 38.5 Å². The maximum Gasteiger partial charge on any atom is 0.373 e. The molecule has 1 saturated heterocycles. The molecule has 0 unspecified atom stereocenters. The molecular weight excluding hydrogens is 342 g/mol. The van der Waals surface area contributed by atoms with Crippen LogP contribution in [-0.4, -0.2) is 55.1 Å². The van der Waals surface area contributed by atoms with E-state index in [0.29, 0.717) is 5.56 Å². The van der Waals surface area contributed by atoms with E-state index >= 15 is 0 Å². The Balaban J connectivity index is 0.000000817. The van der Waals surface area contributed by atoms with Crippen molar-refractivity contribution in [2.24, 2.45) is 0 Å². The summed E-state index contributed by atoms with van der Waals surface area (Å²) in [6, 6.07) is 15.8. The second-order valence-electron chi connectivity index (χ2n) is 6.68. The Morgan fingerprint density at radius 1 is 0.963 bits per heavy atom. The van der Waals surface area contributed by atoms with Crippen LogP contribution >= 0.6 is 0 Å². The molecule has 1 heterocycles. The van der Waals surface area contributed by atoms with Gasteiger partial charge >= 0.3 is 6.15 Å². The van der Waals surface area contributed by atoms with E-state index in [2.05, 4.69) is 34.3 Å². The molecule has 1 amide bonds. The van der Waals surface area contributed by atoms with Crippen molar-refractivity contribution in [3.8, 4) is 0 Å². The molecule has 1 fully saturated rings. The van der Waals surface area contributed by atoms with E-state index in [4.69, 9.17) is 9.59 Å². The molecule has 6 nitrogen and oxygen atoms in total. The number of nitrogens with one attached hydrogen (secondary N) is 1. The van der Waals surface area contributed by atoms with Gasteiger partial charge in [0, 0.05) is 44.0 Å². The fraction of sp³-hybridized carbons (Fsp3) is 0.333. The normalized spacial score (nSPS) is 14.6. The Morgan fingerprint density at radius 3 is 2.07 bits per heavy atom. The Bertz CT molecular complexity index is 758. The second kappa shape index (κ2) is 10.4. The summed E-state index contributed by atoms with van der Waals surface area (Å²) in [7, 11) is 2.17. The van der Waals surface area contributed by atoms with E-state index in [1.54, 1.807) is 0 Å². The first-order chi connectivity index (χ1) is 13.0. The number of rotatable bonds is 4. The predicted molar refractivity (Wildman–Crippen MR) is 103 cm³/mol. The smallest absolute Gasteiger partial charge is 0.322 e. The zero-order chi connectivity index (χ0) is 19.6. The molecule has 1 N–H and O–H groups in total. The summed E-state index contributed by atoms with van der Waals surface area (Å²) in [5.74, 6) is -0.0648. The third-order valence-electron chi connectivity index (χ3n) is 4.53. The number of benzene rings is 2. The number of likely N-dealkylation sites (N-methyl/N-ethyl adjacent to an activating group) is 1. The first kappa shape index (κ1) is 20.5. The number of amides is 1. The summed E-state index contributed by atoms with van der Waals surface area (Å²) < 4.78 is 0. The maximum atomic E-state index is 12.3. The molecule has 0 radical (unpaired) electrons. The van der Waals surface area contributed by atoms with Crippen molar-refractivity contribution >= 4 is 17.7 Å². The van der Waals surface area contributed by atoms with Gasteiger partial charge in [0.1, 0.15) is 0 Å². The third kappa shape index (κ3) is 6.79. The number of aryl methyl sites for hydroxylation is 1. The molecule has 0 bridgehead atoms. The molecule has 1 aliphatic heterocycles. The van der Waals surface area contributed by atoms with Gasteiger partial charge in [-0.3, -0.25) is 9.69 Å². The van der Waals surface area contributed by atoms with Crippen LogP contribution < -0.4 is 5.32 Å². The van der Waals surface area contributed by atoms with Crippen molar-refractivity contribution in [1.82, 2.24) is 9.80 Å². The van der Waals surface area contributed by atoms with Gasteiger partial charge in [0.15, 0.2) is 0 Å². The van der Waals surface area contributed by atoms with Gasteiger partial charge in [0.05, 0.1) is 0 Å². The topological polar surface area (TPSA) is 69.7 Å². The highest BCUT2D eigenvalue weighted by molar-refractivity contribution is 6.04. The zero-order valence-corrected chi connectivity index (χ0v) is 15.8. The van der Waals surface area contributed by atoms with Crippen LogP contribution in [0.1, 0.15) is 21.5 Å². The Labute approximate surface area is 159 Å². The van der Waals surface area contributed by atoms with Crippen LogP contribution in [-0.2, 0) is 16.1 Å². The van der Waals surface area contributed by atoms with E-state index in [1.807, 2.05) is 43.3 Å². The average Bonchev–Trinajstić information content (AvgIpc) is 2.67. The van der Waals surface area contributed by atoms with Gasteiger partial charge in [-0.25, -0.2) is 0 Å². The van der Waals surface area contributed by atoms with Crippen LogP contribution in [0.4, 0.5) is 5.69 Å². The summed E-state index contributed by atoms with van der Waals surface area (Å²) in [4.78, 5) is 33.4. The van der Waals surface area contributed by atoms with Crippen LogP contribution in [0.5, 0.6) is 0 Å². The summed E-state index contributed by atoms with van der Waals surface area (Å²) in [6.45, 7) is 7.44. The van der Waals surface area contributed by atoms with Crippen LogP contribution in [0.3, 0.4) is 0 Å².